The summed E-state index contributed by atoms with van der Waals surface area (Å²) in [5.74, 6) is 1.34. The van der Waals surface area contributed by atoms with E-state index in [1.165, 1.54) is 0 Å². The number of carbonyl (C=O) groups is 2. The molecule has 3 aromatic rings. The molecule has 3 amide bonds. The van der Waals surface area contributed by atoms with E-state index in [-0.39, 0.29) is 30.3 Å². The number of urea groups is 1. The standard InChI is InChI=1S/C24H25N3O4/c28-23(22-12-11-21(31-22)17-30-20-9-5-2-6-10-20)25-19-13-15-27(16-14-19)24(29)26-18-7-3-1-4-8-18/h1-12,19H,13-17H2,(H,25,28)(H,26,29). The summed E-state index contributed by atoms with van der Waals surface area (Å²) in [6, 6.07) is 22.1. The number of nitrogens with zero attached hydrogens (tertiary/aromatic N) is 1. The average Bonchev–Trinajstić information content (AvgIpc) is 3.29. The SMILES string of the molecule is O=C(NC1CCN(C(=O)Nc2ccccc2)CC1)c1ccc(COc2ccccc2)o1. The summed E-state index contributed by atoms with van der Waals surface area (Å²) >= 11 is 0. The lowest BCUT2D eigenvalue weighted by Crippen LogP contribution is -2.47. The Morgan fingerprint density at radius 2 is 1.61 bits per heavy atom. The van der Waals surface area contributed by atoms with Crippen LogP contribution in [0.25, 0.3) is 0 Å². The third-order valence-corrected chi connectivity index (χ3v) is 5.15. The Kier molecular flexibility index (Phi) is 6.52. The maximum absolute atomic E-state index is 12.5. The number of hydrogen-bond donors (Lipinski definition) is 2. The Labute approximate surface area is 181 Å². The first kappa shape index (κ1) is 20.5. The van der Waals surface area contributed by atoms with Gasteiger partial charge >= 0.3 is 6.03 Å². The molecule has 1 aliphatic heterocycles. The van der Waals surface area contributed by atoms with Crippen LogP contribution >= 0.6 is 0 Å². The van der Waals surface area contributed by atoms with E-state index in [1.807, 2.05) is 60.7 Å². The van der Waals surface area contributed by atoms with Crippen molar-refractivity contribution in [3.8, 4) is 5.75 Å². The van der Waals surface area contributed by atoms with Crippen molar-refractivity contribution in [1.29, 1.82) is 0 Å². The second-order valence-electron chi connectivity index (χ2n) is 7.40. The summed E-state index contributed by atoms with van der Waals surface area (Å²) in [5, 5.41) is 5.89. The molecule has 0 spiro atoms. The van der Waals surface area contributed by atoms with Crippen LogP contribution in [-0.4, -0.2) is 36.0 Å². The van der Waals surface area contributed by atoms with Gasteiger partial charge in [-0.25, -0.2) is 4.79 Å². The Morgan fingerprint density at radius 3 is 2.32 bits per heavy atom. The van der Waals surface area contributed by atoms with Gasteiger partial charge in [0.25, 0.3) is 5.91 Å². The molecule has 1 aromatic heterocycles. The lowest BCUT2D eigenvalue weighted by Gasteiger charge is -2.32. The fraction of sp³-hybridized carbons (Fsp3) is 0.250. The normalized spacial score (nSPS) is 14.1. The third kappa shape index (κ3) is 5.66. The molecule has 7 heteroatoms. The maximum Gasteiger partial charge on any atom is 0.321 e. The molecule has 160 valence electrons. The van der Waals surface area contributed by atoms with E-state index in [0.717, 1.165) is 11.4 Å². The van der Waals surface area contributed by atoms with Crippen molar-refractivity contribution in [3.63, 3.8) is 0 Å². The lowest BCUT2D eigenvalue weighted by molar-refractivity contribution is 0.0887. The van der Waals surface area contributed by atoms with Crippen molar-refractivity contribution in [1.82, 2.24) is 10.2 Å². The topological polar surface area (TPSA) is 83.8 Å². The quantitative estimate of drug-likeness (QED) is 0.625. The van der Waals surface area contributed by atoms with Gasteiger partial charge in [-0.2, -0.15) is 0 Å². The first-order chi connectivity index (χ1) is 15.2. The molecular formula is C24H25N3O4. The number of ether oxygens (including phenoxy) is 1. The third-order valence-electron chi connectivity index (χ3n) is 5.15. The number of anilines is 1. The zero-order valence-corrected chi connectivity index (χ0v) is 17.1. The van der Waals surface area contributed by atoms with Gasteiger partial charge in [0.15, 0.2) is 5.76 Å². The van der Waals surface area contributed by atoms with E-state index in [2.05, 4.69) is 10.6 Å². The van der Waals surface area contributed by atoms with Crippen LogP contribution in [0.5, 0.6) is 5.75 Å². The minimum atomic E-state index is -0.252. The predicted molar refractivity (Wildman–Crippen MR) is 117 cm³/mol. The number of rotatable bonds is 6. The van der Waals surface area contributed by atoms with Gasteiger partial charge in [-0.05, 0) is 49.2 Å². The van der Waals surface area contributed by atoms with Gasteiger partial charge < -0.3 is 24.7 Å². The smallest absolute Gasteiger partial charge is 0.321 e. The number of nitrogens with one attached hydrogen (secondary N) is 2. The van der Waals surface area contributed by atoms with Gasteiger partial charge in [0.2, 0.25) is 0 Å². The molecule has 0 saturated carbocycles. The number of amides is 3. The highest BCUT2D eigenvalue weighted by molar-refractivity contribution is 5.92. The van der Waals surface area contributed by atoms with Crippen molar-refractivity contribution in [2.75, 3.05) is 18.4 Å². The number of likely N-dealkylation sites (tertiary alicyclic amines) is 1. The molecule has 2 N–H and O–H groups in total. The Balaban J connectivity index is 1.22. The minimum absolute atomic E-state index is 0.00222. The molecule has 0 atom stereocenters. The van der Waals surface area contributed by atoms with Crippen LogP contribution in [0.2, 0.25) is 0 Å². The molecule has 1 fully saturated rings. The Bertz CT molecular complexity index is 996. The van der Waals surface area contributed by atoms with Crippen molar-refractivity contribution in [3.05, 3.63) is 84.3 Å². The van der Waals surface area contributed by atoms with E-state index in [9.17, 15) is 9.59 Å². The molecule has 4 rings (SSSR count). The minimum Gasteiger partial charge on any atom is -0.486 e. The van der Waals surface area contributed by atoms with Crippen LogP contribution in [-0.2, 0) is 6.61 Å². The van der Waals surface area contributed by atoms with Crippen LogP contribution in [0.3, 0.4) is 0 Å². The zero-order chi connectivity index (χ0) is 21.5. The highest BCUT2D eigenvalue weighted by atomic mass is 16.5. The highest BCUT2D eigenvalue weighted by Crippen LogP contribution is 2.16. The summed E-state index contributed by atoms with van der Waals surface area (Å²) < 4.78 is 11.3. The fourth-order valence-corrected chi connectivity index (χ4v) is 3.46. The van der Waals surface area contributed by atoms with E-state index in [0.29, 0.717) is 31.7 Å². The second-order valence-corrected chi connectivity index (χ2v) is 7.40. The number of hydrogen-bond acceptors (Lipinski definition) is 4. The number of carbonyl (C=O) groups excluding carboxylic acids is 2. The van der Waals surface area contributed by atoms with E-state index < -0.39 is 0 Å². The molecule has 1 aliphatic rings. The van der Waals surface area contributed by atoms with Gasteiger partial charge in [-0.3, -0.25) is 4.79 Å². The van der Waals surface area contributed by atoms with Gasteiger partial charge in [0.05, 0.1) is 0 Å². The zero-order valence-electron chi connectivity index (χ0n) is 17.1. The fourth-order valence-electron chi connectivity index (χ4n) is 3.46. The molecule has 2 heterocycles. The predicted octanol–water partition coefficient (Wildman–Crippen LogP) is 4.28. The monoisotopic (exact) mass is 419 g/mol. The molecule has 31 heavy (non-hydrogen) atoms. The number of piperidine rings is 1. The number of furan rings is 1. The summed E-state index contributed by atoms with van der Waals surface area (Å²) in [6.07, 6.45) is 1.39. The molecular weight excluding hydrogens is 394 g/mol. The van der Waals surface area contributed by atoms with Gasteiger partial charge in [-0.15, -0.1) is 0 Å². The Morgan fingerprint density at radius 1 is 0.935 bits per heavy atom. The van der Waals surface area contributed by atoms with Crippen LogP contribution in [0.4, 0.5) is 10.5 Å². The van der Waals surface area contributed by atoms with Crippen molar-refractivity contribution in [2.24, 2.45) is 0 Å². The Hall–Kier alpha value is -3.74. The van der Waals surface area contributed by atoms with Gasteiger partial charge in [-0.1, -0.05) is 36.4 Å². The first-order valence-corrected chi connectivity index (χ1v) is 10.4. The summed E-state index contributed by atoms with van der Waals surface area (Å²) in [5.41, 5.74) is 0.771. The van der Waals surface area contributed by atoms with Crippen LogP contribution < -0.4 is 15.4 Å². The van der Waals surface area contributed by atoms with Gasteiger partial charge in [0.1, 0.15) is 18.1 Å². The van der Waals surface area contributed by atoms with Crippen molar-refractivity contribution >= 4 is 17.6 Å². The van der Waals surface area contributed by atoms with Crippen molar-refractivity contribution < 1.29 is 18.7 Å². The van der Waals surface area contributed by atoms with Crippen LogP contribution in [0.15, 0.2) is 77.2 Å². The van der Waals surface area contributed by atoms with Crippen molar-refractivity contribution in [2.45, 2.75) is 25.5 Å². The molecule has 0 unspecified atom stereocenters. The van der Waals surface area contributed by atoms with Gasteiger partial charge in [0, 0.05) is 24.8 Å². The summed E-state index contributed by atoms with van der Waals surface area (Å²) in [7, 11) is 0. The number of benzene rings is 2. The lowest BCUT2D eigenvalue weighted by atomic mass is 10.1. The highest BCUT2D eigenvalue weighted by Gasteiger charge is 2.25. The molecule has 0 aliphatic carbocycles. The molecule has 0 radical (unpaired) electrons. The van der Waals surface area contributed by atoms with E-state index >= 15 is 0 Å². The number of para-hydroxylation sites is 2. The summed E-state index contributed by atoms with van der Waals surface area (Å²) in [4.78, 5) is 26.7. The molecule has 0 bridgehead atoms. The molecule has 7 nitrogen and oxygen atoms in total. The van der Waals surface area contributed by atoms with Crippen LogP contribution in [0, 0.1) is 0 Å². The average molecular weight is 419 g/mol. The summed E-state index contributed by atoms with van der Waals surface area (Å²) in [6.45, 7) is 1.42. The van der Waals surface area contributed by atoms with E-state index in [4.69, 9.17) is 9.15 Å². The van der Waals surface area contributed by atoms with Crippen LogP contribution in [0.1, 0.15) is 29.2 Å². The largest absolute Gasteiger partial charge is 0.486 e. The molecule has 1 saturated heterocycles. The van der Waals surface area contributed by atoms with E-state index in [1.54, 1.807) is 17.0 Å². The maximum atomic E-state index is 12.5. The second kappa shape index (κ2) is 9.84. The molecule has 2 aromatic carbocycles. The first-order valence-electron chi connectivity index (χ1n) is 10.4.